The number of amides is 4. The number of hydrogen-bond donors (Lipinski definition) is 8. The Kier molecular flexibility index (Phi) is 27.5. The van der Waals surface area contributed by atoms with E-state index in [4.69, 9.17) is 35.9 Å². The maximum Gasteiger partial charge on any atom is 1.00 e. The van der Waals surface area contributed by atoms with Crippen molar-refractivity contribution in [3.8, 4) is 0 Å². The predicted molar refractivity (Wildman–Crippen MR) is 237 cm³/mol. The summed E-state index contributed by atoms with van der Waals surface area (Å²) in [5.41, 5.74) is 14.1. The molecule has 0 radical (unpaired) electrons. The fourth-order valence-corrected chi connectivity index (χ4v) is 6.92. The Morgan fingerprint density at radius 2 is 0.828 bits per heavy atom. The Labute approximate surface area is 428 Å². The van der Waals surface area contributed by atoms with Gasteiger partial charge in [-0.05, 0) is 84.1 Å². The minimum atomic E-state index is -4.56. The zero-order valence-corrected chi connectivity index (χ0v) is 42.9. The summed E-state index contributed by atoms with van der Waals surface area (Å²) in [6.45, 7) is 2.45. The van der Waals surface area contributed by atoms with Crippen LogP contribution in [0.4, 0.5) is 11.4 Å². The molecular weight excluding hydrogens is 931 g/mol. The maximum atomic E-state index is 13.1. The molecule has 0 saturated carbocycles. The molecular formula is C38H50N10Na2O10S4. The molecule has 0 aliphatic rings. The Morgan fingerprint density at radius 1 is 0.516 bits per heavy atom. The molecule has 3 aromatic carbocycles. The van der Waals surface area contributed by atoms with Crippen LogP contribution >= 0.6 is 24.4 Å². The second-order valence-electron chi connectivity index (χ2n) is 13.4. The Bertz CT molecular complexity index is 2070. The molecule has 20 nitrogen and oxygen atoms in total. The minimum absolute atomic E-state index is 0. The molecule has 0 saturated heterocycles. The molecule has 4 amide bonds. The number of thiocarbonyl (C=S) groups is 2. The Hall–Kier alpha value is -3.34. The van der Waals surface area contributed by atoms with Crippen molar-refractivity contribution < 1.29 is 104 Å². The summed E-state index contributed by atoms with van der Waals surface area (Å²) in [6.07, 6.45) is -0.172. The van der Waals surface area contributed by atoms with Gasteiger partial charge in [0.15, 0.2) is 10.2 Å². The van der Waals surface area contributed by atoms with Crippen LogP contribution in [0.25, 0.3) is 0 Å². The summed E-state index contributed by atoms with van der Waals surface area (Å²) in [7, 11) is -9.12. The van der Waals surface area contributed by atoms with Crippen LogP contribution in [-0.4, -0.2) is 122 Å². The van der Waals surface area contributed by atoms with Crippen molar-refractivity contribution in [3.63, 3.8) is 0 Å². The Morgan fingerprint density at radius 3 is 1.12 bits per heavy atom. The molecule has 0 aliphatic carbocycles. The van der Waals surface area contributed by atoms with E-state index in [-0.39, 0.29) is 194 Å². The monoisotopic (exact) mass is 980 g/mol. The molecule has 338 valence electrons. The molecule has 0 fully saturated rings. The first-order chi connectivity index (χ1) is 29.4. The van der Waals surface area contributed by atoms with E-state index in [1.54, 1.807) is 9.80 Å². The summed E-state index contributed by atoms with van der Waals surface area (Å²) in [5.74, 6) is -1.18. The molecule has 0 unspecified atom stereocenters. The first-order valence-corrected chi connectivity index (χ1v) is 22.8. The standard InChI is InChI=1S/C38H52N10O10S4.2Na/c39-17-23-47(35(51)15-13-33(49)41-19-21-43-37(59)45-29-5-9-31(10-6-29)61(53,54)55)25-27-1-2-28(4-3-27)26-48(24-18-40)36(52)16-14-34(50)42-20-22-44-38(60)46-30-7-11-32(12-8-30)62(56,57)58;;/h1-12H,13-26,39-40H2,(H,41,49)(H,42,50)(H2,43,45,59)(H2,44,46,60)(H,53,54,55)(H,56,57,58);;/q;2*+1/p-2. The van der Waals surface area contributed by atoms with Gasteiger partial charge in [0.25, 0.3) is 0 Å². The van der Waals surface area contributed by atoms with Crippen LogP contribution in [0.1, 0.15) is 36.8 Å². The number of nitrogens with two attached hydrogens (primary N) is 2. The van der Waals surface area contributed by atoms with Crippen molar-refractivity contribution in [2.75, 3.05) is 63.0 Å². The average Bonchev–Trinajstić information content (AvgIpc) is 3.22. The summed E-state index contributed by atoms with van der Waals surface area (Å²) in [6, 6.07) is 17.6. The third-order valence-corrected chi connectivity index (χ3v) is 10.9. The van der Waals surface area contributed by atoms with E-state index < -0.39 is 20.2 Å². The van der Waals surface area contributed by atoms with Crippen molar-refractivity contribution in [2.45, 2.75) is 48.6 Å². The van der Waals surface area contributed by atoms with Crippen LogP contribution in [0.2, 0.25) is 0 Å². The molecule has 0 atom stereocenters. The molecule has 64 heavy (non-hydrogen) atoms. The average molecular weight is 981 g/mol. The third-order valence-electron chi connectivity index (χ3n) is 8.67. The smallest absolute Gasteiger partial charge is 0.744 e. The van der Waals surface area contributed by atoms with Gasteiger partial charge in [-0.1, -0.05) is 24.3 Å². The number of benzene rings is 3. The van der Waals surface area contributed by atoms with Crippen LogP contribution in [0.3, 0.4) is 0 Å². The van der Waals surface area contributed by atoms with Crippen molar-refractivity contribution in [1.29, 1.82) is 0 Å². The third kappa shape index (κ3) is 22.7. The van der Waals surface area contributed by atoms with Gasteiger partial charge in [-0.2, -0.15) is 0 Å². The number of carbonyl (C=O) groups excluding carboxylic acids is 4. The molecule has 0 aliphatic heterocycles. The largest absolute Gasteiger partial charge is 1.00 e. The van der Waals surface area contributed by atoms with E-state index in [1.165, 1.54) is 24.3 Å². The number of rotatable bonds is 24. The van der Waals surface area contributed by atoms with E-state index >= 15 is 0 Å². The summed E-state index contributed by atoms with van der Waals surface area (Å²) in [5, 5.41) is 17.3. The first-order valence-electron chi connectivity index (χ1n) is 19.2. The van der Waals surface area contributed by atoms with Gasteiger partial charge in [0, 0.05) is 103 Å². The Balaban J connectivity index is 0.0000102. The molecule has 0 aromatic heterocycles. The summed E-state index contributed by atoms with van der Waals surface area (Å²) in [4.78, 5) is 53.4. The van der Waals surface area contributed by atoms with Crippen molar-refractivity contribution in [2.24, 2.45) is 11.5 Å². The van der Waals surface area contributed by atoms with E-state index in [2.05, 4.69) is 31.9 Å². The van der Waals surface area contributed by atoms with Crippen LogP contribution in [0.15, 0.2) is 82.6 Å². The summed E-state index contributed by atoms with van der Waals surface area (Å²) >= 11 is 10.4. The minimum Gasteiger partial charge on any atom is -0.744 e. The molecule has 10 N–H and O–H groups in total. The summed E-state index contributed by atoms with van der Waals surface area (Å²) < 4.78 is 66.4. The predicted octanol–water partition coefficient (Wildman–Crippen LogP) is -6.16. The number of hydrogen-bond acceptors (Lipinski definition) is 14. The topological polar surface area (TPSA) is 313 Å². The van der Waals surface area contributed by atoms with Gasteiger partial charge in [-0.15, -0.1) is 0 Å². The van der Waals surface area contributed by atoms with Gasteiger partial charge in [0.05, 0.1) is 9.79 Å². The van der Waals surface area contributed by atoms with Gasteiger partial charge < -0.3 is 62.3 Å². The van der Waals surface area contributed by atoms with Crippen molar-refractivity contribution in [1.82, 2.24) is 31.1 Å². The van der Waals surface area contributed by atoms with Gasteiger partial charge in [-0.3, -0.25) is 19.2 Å². The van der Waals surface area contributed by atoms with Gasteiger partial charge in [0.2, 0.25) is 23.6 Å². The molecule has 0 heterocycles. The van der Waals surface area contributed by atoms with Crippen LogP contribution in [0.5, 0.6) is 0 Å². The van der Waals surface area contributed by atoms with Gasteiger partial charge >= 0.3 is 59.1 Å². The van der Waals surface area contributed by atoms with Crippen molar-refractivity contribution in [3.05, 3.63) is 83.9 Å². The van der Waals surface area contributed by atoms with E-state index in [0.29, 0.717) is 11.4 Å². The van der Waals surface area contributed by atoms with Crippen LogP contribution in [-0.2, 0) is 52.5 Å². The van der Waals surface area contributed by atoms with Crippen LogP contribution in [0, 0.1) is 0 Å². The van der Waals surface area contributed by atoms with Gasteiger partial charge in [0.1, 0.15) is 20.2 Å². The number of nitrogens with one attached hydrogen (secondary N) is 6. The SMILES string of the molecule is NCCN(Cc1ccc(CN(CCN)C(=O)CCC(=O)NCCNC(=S)Nc2ccc(S(=O)(=O)[O-])cc2)cc1)C(=O)CCC(=O)NCCNC(=S)Nc1ccc(S(=O)(=O)[O-])cc1.[Na+].[Na+]. The maximum absolute atomic E-state index is 13.1. The quantitative estimate of drug-likeness (QED) is 0.0179. The normalized spacial score (nSPS) is 10.8. The zero-order valence-electron chi connectivity index (χ0n) is 35.6. The molecule has 26 heteroatoms. The second kappa shape index (κ2) is 30.0. The molecule has 0 spiro atoms. The van der Waals surface area contributed by atoms with Crippen LogP contribution < -0.4 is 102 Å². The van der Waals surface area contributed by atoms with E-state index in [9.17, 15) is 45.1 Å². The fraction of sp³-hybridized carbons (Fsp3) is 0.368. The molecule has 3 rings (SSSR count). The fourth-order valence-electron chi connectivity index (χ4n) is 5.54. The number of carbonyl (C=O) groups is 4. The number of anilines is 2. The number of nitrogens with zero attached hydrogens (tertiary/aromatic N) is 2. The van der Waals surface area contributed by atoms with Gasteiger partial charge in [-0.25, -0.2) is 16.8 Å². The molecule has 3 aromatic rings. The van der Waals surface area contributed by atoms with Crippen molar-refractivity contribution >= 4 is 89.9 Å². The van der Waals surface area contributed by atoms with E-state index in [1.807, 2.05) is 24.3 Å². The second-order valence-corrected chi connectivity index (χ2v) is 17.0. The van der Waals surface area contributed by atoms with E-state index in [0.717, 1.165) is 35.4 Å². The zero-order chi connectivity index (χ0) is 45.7. The first kappa shape index (κ1) is 58.7. The molecule has 0 bridgehead atoms.